The fraction of sp³-hybridized carbons (Fsp3) is 0.320. The highest BCUT2D eigenvalue weighted by Gasteiger charge is 2.41. The number of aromatic nitrogens is 4. The molecule has 8 heteroatoms. The van der Waals surface area contributed by atoms with Crippen molar-refractivity contribution in [3.63, 3.8) is 0 Å². The summed E-state index contributed by atoms with van der Waals surface area (Å²) in [5.74, 6) is 0.407. The van der Waals surface area contributed by atoms with E-state index in [1.807, 2.05) is 41.1 Å². The Labute approximate surface area is 190 Å². The van der Waals surface area contributed by atoms with Gasteiger partial charge in [0.25, 0.3) is 0 Å². The van der Waals surface area contributed by atoms with E-state index in [2.05, 4.69) is 20.5 Å². The maximum absolute atomic E-state index is 14.8. The normalized spacial score (nSPS) is 24.6. The van der Waals surface area contributed by atoms with E-state index in [9.17, 15) is 9.50 Å². The number of hydrogen-bond donors (Lipinski definition) is 2. The summed E-state index contributed by atoms with van der Waals surface area (Å²) in [5.41, 5.74) is 3.76. The average Bonchev–Trinajstić information content (AvgIpc) is 3.31. The van der Waals surface area contributed by atoms with Crippen LogP contribution in [0, 0.1) is 0 Å². The molecule has 7 nitrogen and oxygen atoms in total. The molecule has 0 unspecified atom stereocenters. The van der Waals surface area contributed by atoms with E-state index in [-0.39, 0.29) is 11.8 Å². The van der Waals surface area contributed by atoms with Crippen molar-refractivity contribution in [2.45, 2.75) is 50.0 Å². The number of hydrogen-bond acceptors (Lipinski definition) is 6. The molecule has 0 aliphatic carbocycles. The van der Waals surface area contributed by atoms with Crippen LogP contribution in [-0.2, 0) is 0 Å². The third-order valence-corrected chi connectivity index (χ3v) is 6.69. The van der Waals surface area contributed by atoms with Crippen molar-refractivity contribution in [2.24, 2.45) is 0 Å². The van der Waals surface area contributed by atoms with Gasteiger partial charge in [0.05, 0.1) is 5.69 Å². The molecule has 168 valence electrons. The molecule has 4 aromatic rings. The number of aromatic hydroxyl groups is 1. The molecule has 5 heterocycles. The molecule has 6 rings (SSSR count). The molecule has 0 saturated carbocycles. The van der Waals surface area contributed by atoms with Gasteiger partial charge in [-0.25, -0.2) is 9.37 Å². The Kier molecular flexibility index (Phi) is 4.95. The van der Waals surface area contributed by atoms with Crippen LogP contribution in [0.1, 0.15) is 25.7 Å². The molecule has 0 amide bonds. The Bertz CT molecular complexity index is 1290. The van der Waals surface area contributed by atoms with Crippen molar-refractivity contribution >= 4 is 5.65 Å². The van der Waals surface area contributed by atoms with E-state index in [1.54, 1.807) is 24.4 Å². The minimum absolute atomic E-state index is 0.105. The zero-order chi connectivity index (χ0) is 22.4. The zero-order valence-corrected chi connectivity index (χ0v) is 17.9. The van der Waals surface area contributed by atoms with Gasteiger partial charge in [-0.3, -0.25) is 0 Å². The summed E-state index contributed by atoms with van der Waals surface area (Å²) >= 11 is 0. The molecule has 2 fully saturated rings. The number of piperidine rings is 2. The summed E-state index contributed by atoms with van der Waals surface area (Å²) in [4.78, 5) is 4.31. The molecule has 0 radical (unpaired) electrons. The van der Waals surface area contributed by atoms with Gasteiger partial charge in [0.2, 0.25) is 5.88 Å². The van der Waals surface area contributed by atoms with Crippen LogP contribution in [-0.4, -0.2) is 49.0 Å². The summed E-state index contributed by atoms with van der Waals surface area (Å²) in [6, 6.07) is 13.0. The van der Waals surface area contributed by atoms with Gasteiger partial charge in [-0.05, 0) is 54.3 Å². The molecule has 0 spiro atoms. The van der Waals surface area contributed by atoms with E-state index >= 15 is 0 Å². The van der Waals surface area contributed by atoms with Crippen molar-refractivity contribution in [1.29, 1.82) is 0 Å². The Morgan fingerprint density at radius 3 is 2.79 bits per heavy atom. The maximum atomic E-state index is 14.8. The fourth-order valence-corrected chi connectivity index (χ4v) is 4.97. The quantitative estimate of drug-likeness (QED) is 0.491. The van der Waals surface area contributed by atoms with E-state index in [4.69, 9.17) is 4.74 Å². The molecule has 2 bridgehead atoms. The maximum Gasteiger partial charge on any atom is 0.233 e. The topological polar surface area (TPSA) is 84.6 Å². The van der Waals surface area contributed by atoms with Crippen LogP contribution >= 0.6 is 0 Å². The summed E-state index contributed by atoms with van der Waals surface area (Å²) in [6.45, 7) is 0. The van der Waals surface area contributed by atoms with Crippen LogP contribution in [0.15, 0.2) is 61.1 Å². The van der Waals surface area contributed by atoms with Crippen LogP contribution in [0.4, 0.5) is 4.39 Å². The predicted molar refractivity (Wildman–Crippen MR) is 122 cm³/mol. The lowest BCUT2D eigenvalue weighted by atomic mass is 9.84. The molecule has 33 heavy (non-hydrogen) atoms. The Morgan fingerprint density at radius 1 is 1.03 bits per heavy atom. The number of benzene rings is 1. The number of phenols is 1. The van der Waals surface area contributed by atoms with Gasteiger partial charge in [-0.15, -0.1) is 10.2 Å². The number of ether oxygens (including phenoxy) is 1. The van der Waals surface area contributed by atoms with E-state index < -0.39 is 12.3 Å². The van der Waals surface area contributed by atoms with E-state index in [0.29, 0.717) is 29.6 Å². The highest BCUT2D eigenvalue weighted by atomic mass is 19.1. The molecule has 2 N–H and O–H groups in total. The number of rotatable bonds is 4. The van der Waals surface area contributed by atoms with Crippen molar-refractivity contribution < 1.29 is 14.2 Å². The van der Waals surface area contributed by atoms with Gasteiger partial charge in [-0.1, -0.05) is 12.5 Å². The summed E-state index contributed by atoms with van der Waals surface area (Å²) in [7, 11) is 0. The molecule has 1 aromatic carbocycles. The lowest BCUT2D eigenvalue weighted by Gasteiger charge is -2.42. The Balaban J connectivity index is 1.20. The summed E-state index contributed by atoms with van der Waals surface area (Å²) < 4.78 is 22.6. The molecular formula is C25H24FN5O2. The van der Waals surface area contributed by atoms with Crippen LogP contribution in [0.3, 0.4) is 0 Å². The van der Waals surface area contributed by atoms with Gasteiger partial charge in [-0.2, -0.15) is 0 Å². The Hall–Kier alpha value is -3.52. The molecule has 2 saturated heterocycles. The first-order valence-corrected chi connectivity index (χ1v) is 11.3. The highest BCUT2D eigenvalue weighted by Crippen LogP contribution is 2.34. The number of fused-ring (bicyclic) bond motifs is 3. The van der Waals surface area contributed by atoms with Crippen LogP contribution in [0.5, 0.6) is 11.6 Å². The number of pyridine rings is 1. The zero-order valence-electron chi connectivity index (χ0n) is 17.9. The minimum Gasteiger partial charge on any atom is -0.507 e. The van der Waals surface area contributed by atoms with Crippen molar-refractivity contribution in [1.82, 2.24) is 24.9 Å². The first-order valence-electron chi connectivity index (χ1n) is 11.3. The van der Waals surface area contributed by atoms with Crippen molar-refractivity contribution in [3.05, 3.63) is 61.1 Å². The van der Waals surface area contributed by atoms with E-state index in [1.165, 1.54) is 0 Å². The standard InChI is InChI=1S/C25H24FN5O2/c26-25-20-3-1-2-17(28-20)14-22(25)33-24-7-6-19(29-30-24)18-5-4-15(12-21(18)32)16-8-10-31-11-9-27-23(31)13-16/h4-13,17,20,22,25,28,32H,1-3,14H2/t17-,20+,22-,25+/m0/s1. The number of alkyl halides is 1. The number of halogens is 1. The van der Waals surface area contributed by atoms with Gasteiger partial charge in [0.15, 0.2) is 6.17 Å². The monoisotopic (exact) mass is 445 g/mol. The number of nitrogens with zero attached hydrogens (tertiary/aromatic N) is 4. The van der Waals surface area contributed by atoms with Crippen LogP contribution < -0.4 is 10.1 Å². The van der Waals surface area contributed by atoms with Gasteiger partial charge >= 0.3 is 0 Å². The summed E-state index contributed by atoms with van der Waals surface area (Å²) in [5, 5.41) is 22.4. The molecule has 2 aliphatic rings. The van der Waals surface area contributed by atoms with Gasteiger partial charge < -0.3 is 19.6 Å². The second kappa shape index (κ2) is 8.12. The van der Waals surface area contributed by atoms with Crippen LogP contribution in [0.2, 0.25) is 0 Å². The largest absolute Gasteiger partial charge is 0.507 e. The average molecular weight is 445 g/mol. The SMILES string of the molecule is Oc1cc(-c2ccn3ccnc3c2)ccc1-c1ccc(O[C@H]2C[C@@H]3CCC[C@@H](N3)[C@H]2F)nn1. The lowest BCUT2D eigenvalue weighted by molar-refractivity contribution is 0.00652. The van der Waals surface area contributed by atoms with Crippen LogP contribution in [0.25, 0.3) is 28.0 Å². The van der Waals surface area contributed by atoms with E-state index in [0.717, 1.165) is 36.0 Å². The first kappa shape index (κ1) is 20.1. The highest BCUT2D eigenvalue weighted by molar-refractivity contribution is 5.75. The molecule has 3 aromatic heterocycles. The first-order chi connectivity index (χ1) is 16.1. The second-order valence-electron chi connectivity index (χ2n) is 8.83. The molecule has 4 atom stereocenters. The van der Waals surface area contributed by atoms with Crippen molar-refractivity contribution in [2.75, 3.05) is 0 Å². The third kappa shape index (κ3) is 3.80. The van der Waals surface area contributed by atoms with Gasteiger partial charge in [0.1, 0.15) is 17.5 Å². The molecular weight excluding hydrogens is 421 g/mol. The number of phenolic OH excluding ortho intramolecular Hbond substituents is 1. The number of imidazole rings is 1. The smallest absolute Gasteiger partial charge is 0.233 e. The third-order valence-electron chi connectivity index (χ3n) is 6.69. The Morgan fingerprint density at radius 2 is 1.94 bits per heavy atom. The summed E-state index contributed by atoms with van der Waals surface area (Å²) in [6.07, 6.45) is 7.59. The minimum atomic E-state index is -1.05. The fourth-order valence-electron chi connectivity index (χ4n) is 4.97. The van der Waals surface area contributed by atoms with Gasteiger partial charge in [0, 0.05) is 48.7 Å². The van der Waals surface area contributed by atoms with Crippen molar-refractivity contribution in [3.8, 4) is 34.0 Å². The lowest BCUT2D eigenvalue weighted by Crippen LogP contribution is -2.59. The second-order valence-corrected chi connectivity index (χ2v) is 8.83. The molecule has 2 aliphatic heterocycles. The number of nitrogens with one attached hydrogen (secondary N) is 1. The predicted octanol–water partition coefficient (Wildman–Crippen LogP) is 4.16.